The first-order valence-electron chi connectivity index (χ1n) is 15.4. The summed E-state index contributed by atoms with van der Waals surface area (Å²) in [5.74, 6) is 0.151. The topological polar surface area (TPSA) is 82.1 Å². The van der Waals surface area contributed by atoms with Crippen LogP contribution in [0.25, 0.3) is 0 Å². The van der Waals surface area contributed by atoms with Gasteiger partial charge in [0.2, 0.25) is 0 Å². The maximum Gasteiger partial charge on any atom is 0.254 e. The van der Waals surface area contributed by atoms with Gasteiger partial charge in [0, 0.05) is 44.2 Å². The summed E-state index contributed by atoms with van der Waals surface area (Å²) in [5.41, 5.74) is -0.0386. The van der Waals surface area contributed by atoms with Crippen molar-refractivity contribution in [2.24, 2.45) is 5.92 Å². The molecule has 2 saturated heterocycles. The van der Waals surface area contributed by atoms with E-state index in [4.69, 9.17) is 4.74 Å². The molecule has 3 saturated carbocycles. The number of benzene rings is 1. The Morgan fingerprint density at radius 3 is 2.15 bits per heavy atom. The van der Waals surface area contributed by atoms with Gasteiger partial charge >= 0.3 is 0 Å². The summed E-state index contributed by atoms with van der Waals surface area (Å²) in [7, 11) is 0. The van der Waals surface area contributed by atoms with Gasteiger partial charge in [-0.05, 0) is 68.6 Å². The molecule has 39 heavy (non-hydrogen) atoms. The fourth-order valence-electron chi connectivity index (χ4n) is 7.75. The van der Waals surface area contributed by atoms with E-state index in [1.807, 2.05) is 24.3 Å². The van der Waals surface area contributed by atoms with Crippen molar-refractivity contribution in [1.29, 1.82) is 0 Å². The number of aliphatic hydroxyl groups is 1. The second-order valence-electron chi connectivity index (χ2n) is 12.7. The normalized spacial score (nSPS) is 33.5. The number of hydrogen-bond acceptors (Lipinski definition) is 5. The summed E-state index contributed by atoms with van der Waals surface area (Å²) in [4.78, 5) is 29.3. The second-order valence-corrected chi connectivity index (χ2v) is 12.7. The molecule has 7 nitrogen and oxygen atoms in total. The smallest absolute Gasteiger partial charge is 0.254 e. The molecule has 2 amide bonds. The van der Waals surface area contributed by atoms with Gasteiger partial charge in [-0.15, -0.1) is 0 Å². The average molecular weight is 542 g/mol. The molecule has 5 fully saturated rings. The standard InChI is InChI=1S/C31H44FN3O4/c32-25-13-14-26-31(21-25,24-7-4-2-1-3-5-8-24)39-27(33-26)22-9-11-23(12-10-22)28(36)34-17-19-35(20-18-34)29(37)30(38)15-6-16-30/h9-12,24-27,33,38H,1-8,13-21H2. The molecule has 2 N–H and O–H groups in total. The lowest BCUT2D eigenvalue weighted by Gasteiger charge is -2.45. The summed E-state index contributed by atoms with van der Waals surface area (Å²) in [5, 5.41) is 14.1. The van der Waals surface area contributed by atoms with Crippen LogP contribution in [0.15, 0.2) is 24.3 Å². The SMILES string of the molecule is O=C(c1ccc(C2NC3CCC(F)CC3(C3CCCCCCC3)O2)cc1)N1CCN(C(=O)C2(O)CCC2)CC1. The van der Waals surface area contributed by atoms with Gasteiger partial charge in [-0.2, -0.15) is 0 Å². The van der Waals surface area contributed by atoms with E-state index in [1.54, 1.807) is 9.80 Å². The van der Waals surface area contributed by atoms with E-state index in [-0.39, 0.29) is 24.1 Å². The second kappa shape index (κ2) is 11.1. The maximum atomic E-state index is 14.8. The number of nitrogens with zero attached hydrogens (tertiary/aromatic N) is 2. The number of hydrogen-bond donors (Lipinski definition) is 2. The molecule has 3 aliphatic carbocycles. The van der Waals surface area contributed by atoms with Gasteiger partial charge in [0.05, 0.1) is 5.60 Å². The Labute approximate surface area is 231 Å². The molecule has 1 aromatic rings. The predicted molar refractivity (Wildman–Crippen MR) is 146 cm³/mol. The van der Waals surface area contributed by atoms with Crippen LogP contribution >= 0.6 is 0 Å². The molecule has 8 heteroatoms. The van der Waals surface area contributed by atoms with Gasteiger partial charge in [-0.1, -0.05) is 44.2 Å². The van der Waals surface area contributed by atoms with Gasteiger partial charge in [0.25, 0.3) is 11.8 Å². The van der Waals surface area contributed by atoms with Gasteiger partial charge in [-0.25, -0.2) is 4.39 Å². The lowest BCUT2D eigenvalue weighted by Crippen LogP contribution is -2.58. The third kappa shape index (κ3) is 5.24. The molecule has 214 valence electrons. The Kier molecular flexibility index (Phi) is 7.72. The highest BCUT2D eigenvalue weighted by Crippen LogP contribution is 2.50. The highest BCUT2D eigenvalue weighted by atomic mass is 19.1. The Hall–Kier alpha value is -2.03. The molecule has 4 atom stereocenters. The minimum Gasteiger partial charge on any atom is -0.380 e. The van der Waals surface area contributed by atoms with Crippen molar-refractivity contribution in [2.45, 2.75) is 113 Å². The number of halogens is 1. The number of rotatable bonds is 4. The summed E-state index contributed by atoms with van der Waals surface area (Å²) >= 11 is 0. The zero-order valence-electron chi connectivity index (χ0n) is 23.1. The van der Waals surface area contributed by atoms with Crippen LogP contribution in [0, 0.1) is 5.92 Å². The molecular weight excluding hydrogens is 497 g/mol. The molecule has 0 radical (unpaired) electrons. The van der Waals surface area contributed by atoms with Crippen molar-refractivity contribution in [1.82, 2.24) is 15.1 Å². The van der Waals surface area contributed by atoms with Gasteiger partial charge in [-0.3, -0.25) is 14.9 Å². The van der Waals surface area contributed by atoms with E-state index in [0.717, 1.165) is 31.2 Å². The molecular formula is C31H44FN3O4. The number of nitrogens with one attached hydrogen (secondary N) is 1. The Bertz CT molecular complexity index is 1030. The monoisotopic (exact) mass is 541 g/mol. The average Bonchev–Trinajstić information content (AvgIpc) is 3.30. The summed E-state index contributed by atoms with van der Waals surface area (Å²) in [6.45, 7) is 1.83. The van der Waals surface area contributed by atoms with Gasteiger partial charge < -0.3 is 19.6 Å². The van der Waals surface area contributed by atoms with Crippen LogP contribution in [0.1, 0.15) is 106 Å². The largest absolute Gasteiger partial charge is 0.380 e. The molecule has 5 aliphatic rings. The van der Waals surface area contributed by atoms with Crippen molar-refractivity contribution in [3.05, 3.63) is 35.4 Å². The van der Waals surface area contributed by atoms with E-state index in [2.05, 4.69) is 5.32 Å². The molecule has 0 spiro atoms. The lowest BCUT2D eigenvalue weighted by atomic mass is 9.68. The summed E-state index contributed by atoms with van der Waals surface area (Å²) in [6.07, 6.45) is 11.2. The quantitative estimate of drug-likeness (QED) is 0.587. The minimum absolute atomic E-state index is 0.0452. The lowest BCUT2D eigenvalue weighted by molar-refractivity contribution is -0.161. The molecule has 2 heterocycles. The number of amides is 2. The molecule has 6 rings (SSSR count). The number of fused-ring (bicyclic) bond motifs is 1. The fourth-order valence-corrected chi connectivity index (χ4v) is 7.75. The van der Waals surface area contributed by atoms with E-state index in [0.29, 0.717) is 63.3 Å². The number of carbonyl (C=O) groups is 2. The first-order valence-corrected chi connectivity index (χ1v) is 15.4. The molecule has 0 aromatic heterocycles. The van der Waals surface area contributed by atoms with Crippen molar-refractivity contribution in [3.8, 4) is 0 Å². The zero-order chi connectivity index (χ0) is 27.0. The molecule has 1 aromatic carbocycles. The number of piperazine rings is 1. The van der Waals surface area contributed by atoms with Crippen LogP contribution in [0.4, 0.5) is 4.39 Å². The van der Waals surface area contributed by atoms with E-state index < -0.39 is 17.4 Å². The Balaban J connectivity index is 1.10. The Morgan fingerprint density at radius 1 is 0.872 bits per heavy atom. The van der Waals surface area contributed by atoms with Crippen LogP contribution in [-0.4, -0.2) is 76.3 Å². The van der Waals surface area contributed by atoms with Crippen LogP contribution in [0.5, 0.6) is 0 Å². The third-order valence-corrected chi connectivity index (χ3v) is 10.3. The van der Waals surface area contributed by atoms with Crippen LogP contribution < -0.4 is 5.32 Å². The number of ether oxygens (including phenoxy) is 1. The van der Waals surface area contributed by atoms with Crippen molar-refractivity contribution in [2.75, 3.05) is 26.2 Å². The zero-order valence-corrected chi connectivity index (χ0v) is 23.1. The van der Waals surface area contributed by atoms with Gasteiger partial charge in [0.15, 0.2) is 0 Å². The third-order valence-electron chi connectivity index (χ3n) is 10.3. The van der Waals surface area contributed by atoms with Crippen molar-refractivity contribution >= 4 is 11.8 Å². The maximum absolute atomic E-state index is 14.8. The molecule has 2 aliphatic heterocycles. The van der Waals surface area contributed by atoms with E-state index in [9.17, 15) is 19.1 Å². The van der Waals surface area contributed by atoms with E-state index in [1.165, 1.54) is 32.1 Å². The first-order chi connectivity index (χ1) is 18.9. The van der Waals surface area contributed by atoms with Crippen LogP contribution in [0.2, 0.25) is 0 Å². The highest BCUT2D eigenvalue weighted by molar-refractivity contribution is 5.94. The summed E-state index contributed by atoms with van der Waals surface area (Å²) in [6, 6.07) is 7.82. The molecule has 4 unspecified atom stereocenters. The van der Waals surface area contributed by atoms with Crippen LogP contribution in [-0.2, 0) is 9.53 Å². The van der Waals surface area contributed by atoms with Crippen molar-refractivity contribution < 1.29 is 23.8 Å². The summed E-state index contributed by atoms with van der Waals surface area (Å²) < 4.78 is 21.6. The molecule has 0 bridgehead atoms. The Morgan fingerprint density at radius 2 is 1.51 bits per heavy atom. The first kappa shape index (κ1) is 27.2. The van der Waals surface area contributed by atoms with Gasteiger partial charge in [0.1, 0.15) is 18.0 Å². The van der Waals surface area contributed by atoms with Crippen molar-refractivity contribution in [3.63, 3.8) is 0 Å². The number of carbonyl (C=O) groups excluding carboxylic acids is 2. The fraction of sp³-hybridized carbons (Fsp3) is 0.742. The predicted octanol–water partition coefficient (Wildman–Crippen LogP) is 4.49. The number of alkyl halides is 1. The van der Waals surface area contributed by atoms with E-state index >= 15 is 0 Å². The van der Waals surface area contributed by atoms with Crippen LogP contribution in [0.3, 0.4) is 0 Å². The minimum atomic E-state index is -1.19. The highest BCUT2D eigenvalue weighted by Gasteiger charge is 2.56.